The Kier molecular flexibility index (Phi) is 6.98. The first-order valence-electron chi connectivity index (χ1n) is 8.92. The molecule has 2 heterocycles. The number of piperidine rings is 1. The molecule has 1 fully saturated rings. The Balaban J connectivity index is 0.00000261. The molecule has 0 saturated carbocycles. The van der Waals surface area contributed by atoms with E-state index in [1.165, 1.54) is 6.20 Å². The first kappa shape index (κ1) is 20.9. The summed E-state index contributed by atoms with van der Waals surface area (Å²) in [5.41, 5.74) is 6.30. The maximum absolute atomic E-state index is 12.5. The van der Waals surface area contributed by atoms with Crippen LogP contribution in [0.2, 0.25) is 0 Å². The lowest BCUT2D eigenvalue weighted by atomic mass is 9.97. The molecule has 0 spiro atoms. The summed E-state index contributed by atoms with van der Waals surface area (Å²) in [6, 6.07) is 6.87. The second kappa shape index (κ2) is 9.01. The van der Waals surface area contributed by atoms with Gasteiger partial charge in [-0.2, -0.15) is 0 Å². The lowest BCUT2D eigenvalue weighted by Gasteiger charge is -2.38. The Morgan fingerprint density at radius 3 is 2.81 bits per heavy atom. The van der Waals surface area contributed by atoms with Crippen molar-refractivity contribution < 1.29 is 9.59 Å². The summed E-state index contributed by atoms with van der Waals surface area (Å²) >= 11 is 0. The number of carbonyl (C=O) groups is 2. The molecule has 8 heteroatoms. The van der Waals surface area contributed by atoms with Crippen molar-refractivity contribution in [3.05, 3.63) is 46.2 Å². The summed E-state index contributed by atoms with van der Waals surface area (Å²) in [7, 11) is 0. The molecule has 0 radical (unpaired) electrons. The van der Waals surface area contributed by atoms with Crippen molar-refractivity contribution in [2.24, 2.45) is 5.73 Å². The van der Waals surface area contributed by atoms with E-state index in [1.807, 2.05) is 13.0 Å². The highest BCUT2D eigenvalue weighted by molar-refractivity contribution is 5.98. The highest BCUT2D eigenvalue weighted by Gasteiger charge is 2.29. The van der Waals surface area contributed by atoms with E-state index in [0.29, 0.717) is 17.4 Å². The highest BCUT2D eigenvalue weighted by atomic mass is 35.5. The Hall–Kier alpha value is -2.38. The molecule has 4 N–H and O–H groups in total. The third kappa shape index (κ3) is 4.48. The van der Waals surface area contributed by atoms with Crippen molar-refractivity contribution in [1.82, 2.24) is 15.2 Å². The van der Waals surface area contributed by atoms with Crippen LogP contribution in [0.4, 0.5) is 0 Å². The summed E-state index contributed by atoms with van der Waals surface area (Å²) < 4.78 is 0. The van der Waals surface area contributed by atoms with E-state index in [9.17, 15) is 14.4 Å². The van der Waals surface area contributed by atoms with Crippen LogP contribution < -0.4 is 16.5 Å². The molecular formula is C19H25ClN4O3. The van der Waals surface area contributed by atoms with Crippen molar-refractivity contribution in [3.8, 4) is 0 Å². The van der Waals surface area contributed by atoms with Gasteiger partial charge in [0.1, 0.15) is 5.56 Å². The van der Waals surface area contributed by atoms with E-state index in [0.717, 1.165) is 19.3 Å². The van der Waals surface area contributed by atoms with Gasteiger partial charge in [-0.25, -0.2) is 0 Å². The van der Waals surface area contributed by atoms with Crippen molar-refractivity contribution in [2.75, 3.05) is 13.1 Å². The van der Waals surface area contributed by atoms with Gasteiger partial charge in [0.25, 0.3) is 5.91 Å². The van der Waals surface area contributed by atoms with Gasteiger partial charge in [0.05, 0.1) is 6.54 Å². The summed E-state index contributed by atoms with van der Waals surface area (Å²) in [6.45, 7) is 2.40. The normalized spacial score (nSPS) is 17.9. The SMILES string of the molecule is CC(N)C1CCCCN1C(=O)CNC(=O)c1c[nH]c2ccccc2c1=O.Cl. The third-order valence-electron chi connectivity index (χ3n) is 4.91. The number of pyridine rings is 1. The van der Waals surface area contributed by atoms with Crippen LogP contribution in [0.25, 0.3) is 10.9 Å². The summed E-state index contributed by atoms with van der Waals surface area (Å²) in [5, 5.41) is 3.01. The standard InChI is InChI=1S/C19H24N4O3.ClH/c1-12(20)16-8-4-5-9-23(16)17(24)11-22-19(26)14-10-21-15-7-3-2-6-13(15)18(14)25;/h2-3,6-7,10,12,16H,4-5,8-9,11,20H2,1H3,(H,21,25)(H,22,26);1H. The molecule has 2 atom stereocenters. The fourth-order valence-corrected chi connectivity index (χ4v) is 3.50. The van der Waals surface area contributed by atoms with Gasteiger partial charge >= 0.3 is 0 Å². The van der Waals surface area contributed by atoms with E-state index in [4.69, 9.17) is 5.73 Å². The molecule has 1 aromatic heterocycles. The number of hydrogen-bond acceptors (Lipinski definition) is 4. The summed E-state index contributed by atoms with van der Waals surface area (Å²) in [6.07, 6.45) is 4.25. The summed E-state index contributed by atoms with van der Waals surface area (Å²) in [5.74, 6) is -0.725. The van der Waals surface area contributed by atoms with Crippen molar-refractivity contribution >= 4 is 35.1 Å². The van der Waals surface area contributed by atoms with Crippen LogP contribution in [0.3, 0.4) is 0 Å². The number of amides is 2. The second-order valence-corrected chi connectivity index (χ2v) is 6.77. The van der Waals surface area contributed by atoms with E-state index in [-0.39, 0.29) is 47.9 Å². The number of aromatic amines is 1. The Bertz CT molecular complexity index is 881. The zero-order chi connectivity index (χ0) is 18.7. The fourth-order valence-electron chi connectivity index (χ4n) is 3.50. The Morgan fingerprint density at radius 1 is 1.33 bits per heavy atom. The van der Waals surface area contributed by atoms with Gasteiger partial charge in [0, 0.05) is 35.7 Å². The minimum atomic E-state index is -0.556. The third-order valence-corrected chi connectivity index (χ3v) is 4.91. The molecule has 7 nitrogen and oxygen atoms in total. The van der Waals surface area contributed by atoms with Crippen LogP contribution in [0.15, 0.2) is 35.3 Å². The number of para-hydroxylation sites is 1. The fraction of sp³-hybridized carbons (Fsp3) is 0.421. The average Bonchev–Trinajstić information content (AvgIpc) is 2.66. The smallest absolute Gasteiger partial charge is 0.257 e. The van der Waals surface area contributed by atoms with E-state index < -0.39 is 5.91 Å². The number of fused-ring (bicyclic) bond motifs is 1. The topological polar surface area (TPSA) is 108 Å². The Labute approximate surface area is 163 Å². The number of aromatic nitrogens is 1. The van der Waals surface area contributed by atoms with Crippen molar-refractivity contribution in [2.45, 2.75) is 38.3 Å². The second-order valence-electron chi connectivity index (χ2n) is 6.77. The number of H-pyrrole nitrogens is 1. The van der Waals surface area contributed by atoms with Gasteiger partial charge in [-0.05, 0) is 38.3 Å². The van der Waals surface area contributed by atoms with E-state index in [2.05, 4.69) is 10.3 Å². The van der Waals surface area contributed by atoms with Crippen molar-refractivity contribution in [1.29, 1.82) is 0 Å². The number of hydrogen-bond donors (Lipinski definition) is 3. The maximum atomic E-state index is 12.5. The lowest BCUT2D eigenvalue weighted by Crippen LogP contribution is -2.54. The van der Waals surface area contributed by atoms with Gasteiger partial charge in [0.15, 0.2) is 0 Å². The van der Waals surface area contributed by atoms with Gasteiger partial charge in [0.2, 0.25) is 11.3 Å². The van der Waals surface area contributed by atoms with Crippen LogP contribution in [0.5, 0.6) is 0 Å². The predicted molar refractivity (Wildman–Crippen MR) is 107 cm³/mol. The van der Waals surface area contributed by atoms with Gasteiger partial charge < -0.3 is 20.9 Å². The zero-order valence-electron chi connectivity index (χ0n) is 15.2. The van der Waals surface area contributed by atoms with Gasteiger partial charge in [-0.15, -0.1) is 12.4 Å². The monoisotopic (exact) mass is 392 g/mol. The first-order valence-corrected chi connectivity index (χ1v) is 8.92. The molecule has 0 bridgehead atoms. The van der Waals surface area contributed by atoms with E-state index in [1.54, 1.807) is 23.1 Å². The zero-order valence-corrected chi connectivity index (χ0v) is 16.1. The van der Waals surface area contributed by atoms with Crippen LogP contribution in [0.1, 0.15) is 36.5 Å². The number of nitrogens with two attached hydrogens (primary N) is 1. The van der Waals surface area contributed by atoms with E-state index >= 15 is 0 Å². The maximum Gasteiger partial charge on any atom is 0.257 e. The van der Waals surface area contributed by atoms with Crippen molar-refractivity contribution in [3.63, 3.8) is 0 Å². The molecule has 146 valence electrons. The minimum Gasteiger partial charge on any atom is -0.360 e. The van der Waals surface area contributed by atoms with Crippen LogP contribution in [-0.4, -0.2) is 46.9 Å². The van der Waals surface area contributed by atoms with Crippen LogP contribution in [0, 0.1) is 0 Å². The highest BCUT2D eigenvalue weighted by Crippen LogP contribution is 2.19. The molecule has 2 amide bonds. The average molecular weight is 393 g/mol. The number of benzene rings is 1. The molecule has 1 saturated heterocycles. The minimum absolute atomic E-state index is 0. The molecule has 2 unspecified atom stereocenters. The van der Waals surface area contributed by atoms with Crippen LogP contribution in [-0.2, 0) is 4.79 Å². The number of nitrogens with zero attached hydrogens (tertiary/aromatic N) is 1. The lowest BCUT2D eigenvalue weighted by molar-refractivity contribution is -0.134. The number of halogens is 1. The number of nitrogens with one attached hydrogen (secondary N) is 2. The molecule has 3 rings (SSSR count). The molecule has 1 aromatic carbocycles. The number of carbonyl (C=O) groups excluding carboxylic acids is 2. The largest absolute Gasteiger partial charge is 0.360 e. The molecular weight excluding hydrogens is 368 g/mol. The van der Waals surface area contributed by atoms with Crippen LogP contribution >= 0.6 is 12.4 Å². The Morgan fingerprint density at radius 2 is 2.07 bits per heavy atom. The number of likely N-dealkylation sites (tertiary alicyclic amines) is 1. The molecule has 2 aromatic rings. The molecule has 1 aliphatic heterocycles. The van der Waals surface area contributed by atoms with Gasteiger partial charge in [-0.3, -0.25) is 14.4 Å². The molecule has 1 aliphatic rings. The quantitative estimate of drug-likeness (QED) is 0.730. The summed E-state index contributed by atoms with van der Waals surface area (Å²) in [4.78, 5) is 42.1. The predicted octanol–water partition coefficient (Wildman–Crippen LogP) is 1.41. The van der Waals surface area contributed by atoms with Gasteiger partial charge in [-0.1, -0.05) is 12.1 Å². The molecule has 27 heavy (non-hydrogen) atoms. The molecule has 0 aliphatic carbocycles. The first-order chi connectivity index (χ1) is 12.5. The number of rotatable bonds is 4.